The molecule has 404 valence electrons. The van der Waals surface area contributed by atoms with Crippen LogP contribution in [0.3, 0.4) is 0 Å². The number of hydrogen-bond donors (Lipinski definition) is 2. The van der Waals surface area contributed by atoms with Crippen molar-refractivity contribution >= 4 is 106 Å². The summed E-state index contributed by atoms with van der Waals surface area (Å²) in [6, 6.07) is 42.1. The molecule has 0 aromatic heterocycles. The first-order valence-corrected chi connectivity index (χ1v) is 28.5. The molecule has 13 rings (SSSR count). The number of methoxy groups -OCH3 is 1. The smallest absolute Gasteiger partial charge is 0.416 e. The second-order valence-electron chi connectivity index (χ2n) is 24.1. The lowest BCUT2D eigenvalue weighted by Crippen LogP contribution is -2.64. The van der Waals surface area contributed by atoms with Crippen LogP contribution in [-0.4, -0.2) is 48.4 Å². The predicted octanol–water partition coefficient (Wildman–Crippen LogP) is 16.1. The van der Waals surface area contributed by atoms with Crippen LogP contribution in [0.25, 0.3) is 64.6 Å². The fraction of sp³-hybridized carbons (Fsp3) is 0.373. The van der Waals surface area contributed by atoms with Gasteiger partial charge in [-0.05, 0) is 212 Å². The van der Waals surface area contributed by atoms with Crippen molar-refractivity contribution in [1.29, 1.82) is 0 Å². The number of nitrogens with one attached hydrogen (secondary N) is 2. The van der Waals surface area contributed by atoms with E-state index < -0.39 is 29.4 Å². The van der Waals surface area contributed by atoms with Crippen molar-refractivity contribution in [2.24, 2.45) is 46.3 Å². The molecular formula is C67H63F3N2O6S. The van der Waals surface area contributed by atoms with Crippen LogP contribution in [0.15, 0.2) is 133 Å². The van der Waals surface area contributed by atoms with Crippen LogP contribution in [0.1, 0.15) is 105 Å². The lowest BCUT2D eigenvalue weighted by atomic mass is 9.43. The maximum Gasteiger partial charge on any atom is 0.416 e. The van der Waals surface area contributed by atoms with E-state index >= 15 is 9.59 Å². The molecule has 4 aliphatic carbocycles. The van der Waals surface area contributed by atoms with Gasteiger partial charge in [0.15, 0.2) is 5.11 Å². The first-order chi connectivity index (χ1) is 38.0. The van der Waals surface area contributed by atoms with Crippen LogP contribution >= 0.6 is 12.2 Å². The summed E-state index contributed by atoms with van der Waals surface area (Å²) in [4.78, 5) is 43.0. The normalized spacial score (nSPS) is 27.2. The van der Waals surface area contributed by atoms with E-state index in [9.17, 15) is 18.0 Å². The maximum atomic E-state index is 15.2. The molecule has 0 radical (unpaired) electrons. The van der Waals surface area contributed by atoms with Gasteiger partial charge >= 0.3 is 24.1 Å². The monoisotopic (exact) mass is 1080 g/mol. The number of rotatable bonds is 10. The molecule has 0 amide bonds. The van der Waals surface area contributed by atoms with Crippen molar-refractivity contribution in [3.63, 3.8) is 0 Å². The van der Waals surface area contributed by atoms with E-state index in [1.54, 1.807) is 0 Å². The average Bonchev–Trinajstić information content (AvgIpc) is 3.60. The van der Waals surface area contributed by atoms with E-state index in [-0.39, 0.29) is 71.3 Å². The fourth-order valence-corrected chi connectivity index (χ4v) is 16.7. The van der Waals surface area contributed by atoms with Crippen LogP contribution in [-0.2, 0) is 25.2 Å². The molecule has 12 heteroatoms. The molecule has 0 aliphatic heterocycles. The first kappa shape index (κ1) is 51.4. The van der Waals surface area contributed by atoms with Gasteiger partial charge in [-0.3, -0.25) is 4.79 Å². The van der Waals surface area contributed by atoms with Gasteiger partial charge in [-0.25, -0.2) is 9.59 Å². The van der Waals surface area contributed by atoms with Gasteiger partial charge < -0.3 is 24.8 Å². The molecule has 4 saturated carbocycles. The summed E-state index contributed by atoms with van der Waals surface area (Å²) < 4.78 is 59.6. The van der Waals surface area contributed by atoms with E-state index in [2.05, 4.69) is 116 Å². The quantitative estimate of drug-likeness (QED) is 0.0600. The van der Waals surface area contributed by atoms with Gasteiger partial charge in [0, 0.05) is 29.5 Å². The molecule has 4 aliphatic rings. The molecule has 0 heterocycles. The van der Waals surface area contributed by atoms with Crippen LogP contribution in [0.4, 0.5) is 18.9 Å². The Morgan fingerprint density at radius 1 is 0.658 bits per heavy atom. The van der Waals surface area contributed by atoms with E-state index in [1.165, 1.54) is 30.0 Å². The molecule has 4 fully saturated rings. The second kappa shape index (κ2) is 19.3. The fourth-order valence-electron chi connectivity index (χ4n) is 16.4. The highest BCUT2D eigenvalue weighted by Crippen LogP contribution is 2.69. The number of alkyl halides is 3. The van der Waals surface area contributed by atoms with Gasteiger partial charge in [0.2, 0.25) is 0 Å². The van der Waals surface area contributed by atoms with E-state index in [1.807, 2.05) is 24.3 Å². The number of thiocarbonyl (C=S) groups is 1. The highest BCUT2D eigenvalue weighted by Gasteiger charge is 2.68. The lowest BCUT2D eigenvalue weighted by molar-refractivity contribution is -0.203. The number of hydrogen-bond acceptors (Lipinski definition) is 7. The molecule has 2 N–H and O–H groups in total. The van der Waals surface area contributed by atoms with Crippen molar-refractivity contribution in [3.05, 3.63) is 150 Å². The number of halogens is 3. The van der Waals surface area contributed by atoms with Gasteiger partial charge in [0.25, 0.3) is 0 Å². The number of carbonyl (C=O) groups is 3. The van der Waals surface area contributed by atoms with Crippen LogP contribution in [0.5, 0.6) is 0 Å². The highest BCUT2D eigenvalue weighted by molar-refractivity contribution is 7.80. The predicted molar refractivity (Wildman–Crippen MR) is 310 cm³/mol. The number of anilines is 1. The standard InChI is InChI=1S/C67H63F3N2O6S/c1-36(11-26-56(73)76-4)51-24-25-52-61-53(35-55(66(51,52)3)78-63(75)46-31-43-18-14-39-9-6-10-40-15-19-44(32-46)60(43)58(39)40)65(2)28-27-50(72-64(79)71-49-22-20-47(21-23-49)67(68,69)70)33-48(65)34-54(61)77-62(74)45-29-41-16-12-37-7-5-8-38-13-17-42(30-45)59(41)57(37)38/h5-10,12-23,29-32,36,48,50-55,61H,11,24-28,33-35H2,1-4H3,(H2,71,72,79)/t36-,48+,50-,51-,52+,53+,54-,55+,61+,65+,66-/m1/s1. The SMILES string of the molecule is COC(=O)CC[C@@H](C)[C@H]1CC[C@H]2[C@@H]3[C@H](OC(=O)c4cc5ccc6cccc7ccc(c4)c5c67)C[C@@H]4C[C@H](NC(=S)Nc5ccc(C(F)(F)F)cc5)CC[C@]4(C)[C@H]3C[C@H](OC(=O)c3cc4ccc5cccc6ccc(c3)c4c56)[C@]12C. The minimum Gasteiger partial charge on any atom is -0.469 e. The summed E-state index contributed by atoms with van der Waals surface area (Å²) >= 11 is 5.81. The first-order valence-electron chi connectivity index (χ1n) is 28.1. The van der Waals surface area contributed by atoms with Crippen LogP contribution < -0.4 is 10.6 Å². The van der Waals surface area contributed by atoms with Crippen molar-refractivity contribution in [1.82, 2.24) is 5.32 Å². The van der Waals surface area contributed by atoms with Gasteiger partial charge in [-0.2, -0.15) is 13.2 Å². The summed E-state index contributed by atoms with van der Waals surface area (Å²) in [6.07, 6.45) is 0.741. The van der Waals surface area contributed by atoms with Gasteiger partial charge in [-0.15, -0.1) is 0 Å². The van der Waals surface area contributed by atoms with E-state index in [0.29, 0.717) is 47.6 Å². The number of carbonyl (C=O) groups excluding carboxylic acids is 3. The second-order valence-corrected chi connectivity index (χ2v) is 24.5. The van der Waals surface area contributed by atoms with Crippen molar-refractivity contribution < 1.29 is 41.8 Å². The summed E-state index contributed by atoms with van der Waals surface area (Å²) in [7, 11) is 1.42. The molecule has 9 aromatic carbocycles. The Bertz CT molecular complexity index is 3750. The Kier molecular flexibility index (Phi) is 12.6. The summed E-state index contributed by atoms with van der Waals surface area (Å²) in [5.74, 6) is -0.777. The molecule has 0 saturated heterocycles. The van der Waals surface area contributed by atoms with Crippen LogP contribution in [0.2, 0.25) is 0 Å². The summed E-state index contributed by atoms with van der Waals surface area (Å²) in [6.45, 7) is 6.93. The van der Waals surface area contributed by atoms with Gasteiger partial charge in [-0.1, -0.05) is 106 Å². The molecule has 0 spiro atoms. The summed E-state index contributed by atoms with van der Waals surface area (Å²) in [5.41, 5.74) is -0.0694. The zero-order chi connectivity index (χ0) is 54.7. The zero-order valence-corrected chi connectivity index (χ0v) is 45.6. The Balaban J connectivity index is 0.859. The number of benzene rings is 9. The third-order valence-corrected chi connectivity index (χ3v) is 20.5. The molecule has 0 bridgehead atoms. The van der Waals surface area contributed by atoms with E-state index in [4.69, 9.17) is 26.4 Å². The van der Waals surface area contributed by atoms with Crippen molar-refractivity contribution in [2.75, 3.05) is 12.4 Å². The van der Waals surface area contributed by atoms with Gasteiger partial charge in [0.05, 0.1) is 23.8 Å². The highest BCUT2D eigenvalue weighted by atomic mass is 32.1. The van der Waals surface area contributed by atoms with Gasteiger partial charge in [0.1, 0.15) is 12.2 Å². The third kappa shape index (κ3) is 8.70. The lowest BCUT2D eigenvalue weighted by Gasteiger charge is -2.64. The Labute approximate surface area is 462 Å². The molecular weight excluding hydrogens is 1020 g/mol. The van der Waals surface area contributed by atoms with E-state index in [0.717, 1.165) is 91.7 Å². The largest absolute Gasteiger partial charge is 0.469 e. The third-order valence-electron chi connectivity index (χ3n) is 20.2. The number of fused-ring (bicyclic) bond motifs is 5. The average molecular weight is 1080 g/mol. The molecule has 79 heavy (non-hydrogen) atoms. The molecule has 9 aromatic rings. The number of esters is 3. The Morgan fingerprint density at radius 3 is 1.71 bits per heavy atom. The minimum atomic E-state index is -4.45. The Morgan fingerprint density at radius 2 is 1.18 bits per heavy atom. The summed E-state index contributed by atoms with van der Waals surface area (Å²) in [5, 5.41) is 20.1. The molecule has 0 unspecified atom stereocenters. The minimum absolute atomic E-state index is 0.00168. The Hall–Kier alpha value is -7.05. The topological polar surface area (TPSA) is 103 Å². The van der Waals surface area contributed by atoms with Crippen molar-refractivity contribution in [3.8, 4) is 0 Å². The molecule has 8 nitrogen and oxygen atoms in total. The molecule has 11 atom stereocenters. The maximum absolute atomic E-state index is 15.2. The zero-order valence-electron chi connectivity index (χ0n) is 44.8. The van der Waals surface area contributed by atoms with Crippen LogP contribution in [0, 0.1) is 46.3 Å². The van der Waals surface area contributed by atoms with Crippen molar-refractivity contribution in [2.45, 2.75) is 103 Å². The number of ether oxygens (including phenoxy) is 3.